The van der Waals surface area contributed by atoms with Crippen molar-refractivity contribution in [3.8, 4) is 0 Å². The van der Waals surface area contributed by atoms with Crippen LogP contribution in [0.5, 0.6) is 0 Å². The Morgan fingerprint density at radius 3 is 2.43 bits per heavy atom. The van der Waals surface area contributed by atoms with Crippen LogP contribution < -0.4 is 0 Å². The van der Waals surface area contributed by atoms with Gasteiger partial charge in [-0.05, 0) is 33.8 Å². The normalized spacial score (nSPS) is 21.5. The number of esters is 1. The number of nitrogens with zero attached hydrogens (tertiary/aromatic N) is 1. The molecule has 1 saturated heterocycles. The van der Waals surface area contributed by atoms with Crippen LogP contribution in [0.3, 0.4) is 0 Å². The second-order valence-corrected chi connectivity index (χ2v) is 8.10. The number of halogens is 1. The number of amides is 1. The maximum Gasteiger partial charge on any atom is 0.321 e. The van der Waals surface area contributed by atoms with Crippen molar-refractivity contribution in [2.45, 2.75) is 39.5 Å². The number of benzene rings is 1. The van der Waals surface area contributed by atoms with E-state index < -0.39 is 29.1 Å². The summed E-state index contributed by atoms with van der Waals surface area (Å²) < 4.78 is 16.1. The highest BCUT2D eigenvalue weighted by atomic mass is 35.5. The summed E-state index contributed by atoms with van der Waals surface area (Å²) >= 11 is 6.34. The summed E-state index contributed by atoms with van der Waals surface area (Å²) in [6, 6.07) is 6.90. The molecule has 2 aliphatic rings. The van der Waals surface area contributed by atoms with E-state index in [2.05, 4.69) is 0 Å². The van der Waals surface area contributed by atoms with Crippen LogP contribution in [-0.2, 0) is 28.6 Å². The molecular formula is C20H24ClNO6. The average Bonchev–Trinajstić information content (AvgIpc) is 2.80. The molecular weight excluding hydrogens is 386 g/mol. The van der Waals surface area contributed by atoms with E-state index in [1.165, 1.54) is 12.2 Å². The lowest BCUT2D eigenvalue weighted by Gasteiger charge is -2.37. The van der Waals surface area contributed by atoms with Crippen LogP contribution in [0.1, 0.15) is 33.3 Å². The summed E-state index contributed by atoms with van der Waals surface area (Å²) in [5.41, 5.74) is -1.15. The zero-order valence-electron chi connectivity index (χ0n) is 16.6. The van der Waals surface area contributed by atoms with E-state index in [1.807, 2.05) is 0 Å². The SMILES string of the molecule is COC(C)ON1C(=O)C(c2ccccc2Cl)=C(OC(=O)C2(C)COC2)C1(C)C. The molecule has 1 aromatic rings. The van der Waals surface area contributed by atoms with Gasteiger partial charge < -0.3 is 14.2 Å². The van der Waals surface area contributed by atoms with Crippen molar-refractivity contribution in [3.05, 3.63) is 40.6 Å². The molecule has 1 atom stereocenters. The summed E-state index contributed by atoms with van der Waals surface area (Å²) in [5, 5.41) is 1.54. The monoisotopic (exact) mass is 409 g/mol. The topological polar surface area (TPSA) is 74.3 Å². The zero-order chi connectivity index (χ0) is 20.7. The second-order valence-electron chi connectivity index (χ2n) is 7.69. The Morgan fingerprint density at radius 1 is 1.25 bits per heavy atom. The summed E-state index contributed by atoms with van der Waals surface area (Å²) in [6.07, 6.45) is -0.677. The predicted molar refractivity (Wildman–Crippen MR) is 102 cm³/mol. The molecule has 3 rings (SSSR count). The molecule has 0 N–H and O–H groups in total. The van der Waals surface area contributed by atoms with Gasteiger partial charge >= 0.3 is 5.97 Å². The minimum Gasteiger partial charge on any atom is -0.427 e. The van der Waals surface area contributed by atoms with E-state index >= 15 is 0 Å². The minimum absolute atomic E-state index is 0.187. The predicted octanol–water partition coefficient (Wildman–Crippen LogP) is 3.18. The third-order valence-electron chi connectivity index (χ3n) is 4.95. The number of carbonyl (C=O) groups excluding carboxylic acids is 2. The first-order chi connectivity index (χ1) is 13.1. The maximum atomic E-state index is 13.3. The Labute approximate surface area is 169 Å². The largest absolute Gasteiger partial charge is 0.427 e. The van der Waals surface area contributed by atoms with Gasteiger partial charge in [-0.1, -0.05) is 29.8 Å². The van der Waals surface area contributed by atoms with Gasteiger partial charge in [-0.3, -0.25) is 9.59 Å². The fourth-order valence-electron chi connectivity index (χ4n) is 3.04. The first kappa shape index (κ1) is 20.8. The fourth-order valence-corrected chi connectivity index (χ4v) is 3.27. The number of methoxy groups -OCH3 is 1. The Bertz CT molecular complexity index is 830. The molecule has 1 fully saturated rings. The number of hydroxylamine groups is 2. The molecule has 2 aliphatic heterocycles. The zero-order valence-corrected chi connectivity index (χ0v) is 17.3. The van der Waals surface area contributed by atoms with Gasteiger partial charge in [0.2, 0.25) is 0 Å². The van der Waals surface area contributed by atoms with Crippen LogP contribution in [0.15, 0.2) is 30.0 Å². The van der Waals surface area contributed by atoms with Crippen LogP contribution >= 0.6 is 11.6 Å². The molecule has 1 aromatic carbocycles. The lowest BCUT2D eigenvalue weighted by atomic mass is 9.88. The lowest BCUT2D eigenvalue weighted by Crippen LogP contribution is -2.49. The molecule has 0 aliphatic carbocycles. The first-order valence-electron chi connectivity index (χ1n) is 8.95. The summed E-state index contributed by atoms with van der Waals surface area (Å²) in [7, 11) is 1.47. The number of rotatable bonds is 6. The maximum absolute atomic E-state index is 13.3. The molecule has 0 bridgehead atoms. The first-order valence-corrected chi connectivity index (χ1v) is 9.33. The highest BCUT2D eigenvalue weighted by Gasteiger charge is 2.52. The molecule has 2 heterocycles. The third kappa shape index (κ3) is 3.43. The van der Waals surface area contributed by atoms with Crippen molar-refractivity contribution in [3.63, 3.8) is 0 Å². The Hall–Kier alpha value is -1.93. The molecule has 1 amide bonds. The molecule has 0 radical (unpaired) electrons. The van der Waals surface area contributed by atoms with Crippen molar-refractivity contribution in [2.75, 3.05) is 20.3 Å². The van der Waals surface area contributed by atoms with Gasteiger partial charge in [0.25, 0.3) is 5.91 Å². The lowest BCUT2D eigenvalue weighted by molar-refractivity contribution is -0.276. The number of carbonyl (C=O) groups is 2. The molecule has 0 spiro atoms. The Morgan fingerprint density at radius 2 is 1.89 bits per heavy atom. The molecule has 0 saturated carbocycles. The van der Waals surface area contributed by atoms with Crippen LogP contribution in [-0.4, -0.2) is 49.1 Å². The number of ether oxygens (including phenoxy) is 3. The molecule has 28 heavy (non-hydrogen) atoms. The van der Waals surface area contributed by atoms with Crippen molar-refractivity contribution in [2.24, 2.45) is 5.41 Å². The van der Waals surface area contributed by atoms with E-state index in [9.17, 15) is 9.59 Å². The second kappa shape index (κ2) is 7.48. The Balaban J connectivity index is 2.07. The van der Waals surface area contributed by atoms with Gasteiger partial charge in [0.15, 0.2) is 6.29 Å². The Kier molecular flexibility index (Phi) is 5.55. The van der Waals surface area contributed by atoms with E-state index in [-0.39, 0.29) is 24.5 Å². The van der Waals surface area contributed by atoms with Gasteiger partial charge in [-0.2, -0.15) is 0 Å². The van der Waals surface area contributed by atoms with Crippen LogP contribution in [0.4, 0.5) is 0 Å². The summed E-state index contributed by atoms with van der Waals surface area (Å²) in [4.78, 5) is 31.7. The number of hydrogen-bond acceptors (Lipinski definition) is 6. The number of hydrogen-bond donors (Lipinski definition) is 0. The quantitative estimate of drug-likeness (QED) is 0.530. The van der Waals surface area contributed by atoms with Gasteiger partial charge in [-0.25, -0.2) is 9.90 Å². The van der Waals surface area contributed by atoms with Crippen LogP contribution in [0, 0.1) is 5.41 Å². The van der Waals surface area contributed by atoms with Crippen LogP contribution in [0.25, 0.3) is 5.57 Å². The van der Waals surface area contributed by atoms with E-state index in [4.69, 9.17) is 30.6 Å². The van der Waals surface area contributed by atoms with Gasteiger partial charge in [-0.15, -0.1) is 0 Å². The van der Waals surface area contributed by atoms with Gasteiger partial charge in [0.05, 0.1) is 18.8 Å². The molecule has 152 valence electrons. The van der Waals surface area contributed by atoms with E-state index in [0.29, 0.717) is 10.6 Å². The molecule has 1 unspecified atom stereocenters. The fraction of sp³-hybridized carbons (Fsp3) is 0.500. The minimum atomic E-state index is -1.06. The van der Waals surface area contributed by atoms with Gasteiger partial charge in [0, 0.05) is 17.7 Å². The summed E-state index contributed by atoms with van der Waals surface area (Å²) in [6.45, 7) is 7.44. The molecule has 8 heteroatoms. The molecule has 0 aromatic heterocycles. The van der Waals surface area contributed by atoms with E-state index in [0.717, 1.165) is 0 Å². The van der Waals surface area contributed by atoms with Crippen molar-refractivity contribution < 1.29 is 28.6 Å². The van der Waals surface area contributed by atoms with Crippen molar-refractivity contribution in [1.82, 2.24) is 5.06 Å². The molecule has 7 nitrogen and oxygen atoms in total. The van der Waals surface area contributed by atoms with Crippen molar-refractivity contribution >= 4 is 29.1 Å². The smallest absolute Gasteiger partial charge is 0.321 e. The standard InChI is InChI=1S/C20H24ClNO6/c1-12(25-5)28-22-17(23)15(13-8-6-7-9-14(13)21)16(19(22,2)3)27-18(24)20(4)10-26-11-20/h6-9,12H,10-11H2,1-5H3. The van der Waals surface area contributed by atoms with Crippen molar-refractivity contribution in [1.29, 1.82) is 0 Å². The van der Waals surface area contributed by atoms with E-state index in [1.54, 1.807) is 52.0 Å². The summed E-state index contributed by atoms with van der Waals surface area (Å²) in [5.74, 6) is -0.729. The highest BCUT2D eigenvalue weighted by Crippen LogP contribution is 2.44. The average molecular weight is 410 g/mol. The van der Waals surface area contributed by atoms with Crippen LogP contribution in [0.2, 0.25) is 5.02 Å². The highest BCUT2D eigenvalue weighted by molar-refractivity contribution is 6.35. The van der Waals surface area contributed by atoms with Gasteiger partial charge in [0.1, 0.15) is 16.7 Å². The third-order valence-corrected chi connectivity index (χ3v) is 5.28.